The second-order valence-electron chi connectivity index (χ2n) is 10.5. The van der Waals surface area contributed by atoms with Crippen LogP contribution in [0.5, 0.6) is 0 Å². The molecule has 6 rings (SSSR count). The number of ether oxygens (including phenoxy) is 1. The SMILES string of the molecule is COC(=O)[C@@H]1[C@H]2C[C@@H](c3[nH]c4ccccc4c3CCn3cc(-c4ccccn4)nn3)N(C#N)C[C@@H]2CC[C@@H]1O. The quantitative estimate of drug-likeness (QED) is 0.289. The predicted molar refractivity (Wildman–Crippen MR) is 143 cm³/mol. The minimum atomic E-state index is -0.726. The van der Waals surface area contributed by atoms with E-state index in [2.05, 4.69) is 32.5 Å². The van der Waals surface area contributed by atoms with E-state index in [0.717, 1.165) is 34.3 Å². The summed E-state index contributed by atoms with van der Waals surface area (Å²) in [4.78, 5) is 22.5. The molecule has 1 aliphatic carbocycles. The van der Waals surface area contributed by atoms with Crippen molar-refractivity contribution in [3.63, 3.8) is 0 Å². The molecular weight excluding hydrogens is 494 g/mol. The molecule has 10 heteroatoms. The van der Waals surface area contributed by atoms with E-state index >= 15 is 0 Å². The highest BCUT2D eigenvalue weighted by Gasteiger charge is 2.49. The molecule has 2 fully saturated rings. The number of esters is 1. The third kappa shape index (κ3) is 4.63. The van der Waals surface area contributed by atoms with Crippen molar-refractivity contribution in [3.05, 3.63) is 66.1 Å². The van der Waals surface area contributed by atoms with E-state index in [-0.39, 0.29) is 23.8 Å². The summed E-state index contributed by atoms with van der Waals surface area (Å²) in [5, 5.41) is 30.6. The van der Waals surface area contributed by atoms with Gasteiger partial charge in [0.25, 0.3) is 0 Å². The summed E-state index contributed by atoms with van der Waals surface area (Å²) in [5.41, 5.74) is 4.59. The zero-order valence-electron chi connectivity index (χ0n) is 21.8. The number of rotatable bonds is 6. The molecule has 0 bridgehead atoms. The number of para-hydroxylation sites is 1. The standard InChI is InChI=1S/C29H31N7O3/c1-39-29(38)27-21-14-25(35(17-30)15-18(21)9-10-26(27)37)28-20(19-6-2-3-7-22(19)32-28)11-13-36-16-24(33-34-36)23-8-4-5-12-31-23/h2-8,12,16,18,21,25-27,32,37H,9-11,13-15H2,1H3/t18-,21-,25-,26-,27+/m0/s1. The lowest BCUT2D eigenvalue weighted by Crippen LogP contribution is -2.51. The van der Waals surface area contributed by atoms with Crippen LogP contribution in [0.1, 0.15) is 36.6 Å². The maximum Gasteiger partial charge on any atom is 0.311 e. The Hall–Kier alpha value is -4.23. The molecule has 4 aromatic rings. The van der Waals surface area contributed by atoms with Gasteiger partial charge in [0.2, 0.25) is 0 Å². The third-order valence-electron chi connectivity index (χ3n) is 8.46. The predicted octanol–water partition coefficient (Wildman–Crippen LogP) is 3.47. The number of likely N-dealkylation sites (tertiary alicyclic amines) is 1. The number of aromatic amines is 1. The molecule has 1 aromatic carbocycles. The fourth-order valence-electron chi connectivity index (χ4n) is 6.58. The minimum absolute atomic E-state index is 0.0636. The first-order chi connectivity index (χ1) is 19.1. The van der Waals surface area contributed by atoms with Crippen LogP contribution >= 0.6 is 0 Å². The van der Waals surface area contributed by atoms with E-state index < -0.39 is 12.0 Å². The molecule has 2 N–H and O–H groups in total. The number of nitrogens with zero attached hydrogens (tertiary/aromatic N) is 6. The van der Waals surface area contributed by atoms with Gasteiger partial charge in [0, 0.05) is 35.9 Å². The van der Waals surface area contributed by atoms with Crippen molar-refractivity contribution in [1.82, 2.24) is 29.9 Å². The number of H-pyrrole nitrogens is 1. The highest BCUT2D eigenvalue weighted by molar-refractivity contribution is 5.85. The van der Waals surface area contributed by atoms with Crippen LogP contribution in [0, 0.1) is 29.2 Å². The first kappa shape index (κ1) is 25.1. The summed E-state index contributed by atoms with van der Waals surface area (Å²) in [6.07, 6.45) is 7.92. The first-order valence-electron chi connectivity index (χ1n) is 13.4. The lowest BCUT2D eigenvalue weighted by atomic mass is 9.65. The third-order valence-corrected chi connectivity index (χ3v) is 8.46. The maximum absolute atomic E-state index is 12.7. The number of nitriles is 1. The topological polar surface area (TPSA) is 133 Å². The average Bonchev–Trinajstić information content (AvgIpc) is 3.60. The van der Waals surface area contributed by atoms with Crippen LogP contribution in [-0.4, -0.2) is 60.7 Å². The Morgan fingerprint density at radius 1 is 1.21 bits per heavy atom. The average molecular weight is 526 g/mol. The Morgan fingerprint density at radius 3 is 2.85 bits per heavy atom. The van der Waals surface area contributed by atoms with Gasteiger partial charge in [-0.15, -0.1) is 5.10 Å². The van der Waals surface area contributed by atoms with Gasteiger partial charge in [-0.3, -0.25) is 14.5 Å². The fourth-order valence-corrected chi connectivity index (χ4v) is 6.58. The van der Waals surface area contributed by atoms with E-state index in [1.807, 2.05) is 52.2 Å². The molecule has 4 heterocycles. The van der Waals surface area contributed by atoms with Crippen LogP contribution < -0.4 is 0 Å². The Kier molecular flexibility index (Phi) is 6.75. The lowest BCUT2D eigenvalue weighted by Gasteiger charge is -2.47. The number of aliphatic hydroxyl groups is 1. The van der Waals surface area contributed by atoms with Gasteiger partial charge in [-0.25, -0.2) is 0 Å². The number of hydrogen-bond donors (Lipinski definition) is 2. The summed E-state index contributed by atoms with van der Waals surface area (Å²) < 4.78 is 6.91. The van der Waals surface area contributed by atoms with Gasteiger partial charge in [0.1, 0.15) is 5.69 Å². The minimum Gasteiger partial charge on any atom is -0.469 e. The molecule has 1 saturated heterocycles. The molecule has 10 nitrogen and oxygen atoms in total. The van der Waals surface area contributed by atoms with Crippen molar-refractivity contribution in [2.75, 3.05) is 13.7 Å². The molecule has 0 amide bonds. The zero-order chi connectivity index (χ0) is 26.9. The summed E-state index contributed by atoms with van der Waals surface area (Å²) in [7, 11) is 1.37. The summed E-state index contributed by atoms with van der Waals surface area (Å²) in [5.74, 6) is -0.856. The summed E-state index contributed by atoms with van der Waals surface area (Å²) in [6.45, 7) is 1.15. The Balaban J connectivity index is 1.32. The molecular formula is C29H31N7O3. The maximum atomic E-state index is 12.7. The van der Waals surface area contributed by atoms with Crippen LogP contribution in [0.15, 0.2) is 54.9 Å². The number of aromatic nitrogens is 5. The van der Waals surface area contributed by atoms with Gasteiger partial charge in [-0.05, 0) is 61.3 Å². The monoisotopic (exact) mass is 525 g/mol. The van der Waals surface area contributed by atoms with Gasteiger partial charge in [-0.1, -0.05) is 29.5 Å². The van der Waals surface area contributed by atoms with Gasteiger partial charge in [0.15, 0.2) is 6.19 Å². The number of benzene rings is 1. The van der Waals surface area contributed by atoms with Crippen molar-refractivity contribution in [1.29, 1.82) is 5.26 Å². The molecule has 2 aliphatic rings. The number of hydrogen-bond acceptors (Lipinski definition) is 8. The molecule has 200 valence electrons. The van der Waals surface area contributed by atoms with Gasteiger partial charge in [0.05, 0.1) is 37.1 Å². The number of nitrogens with one attached hydrogen (secondary N) is 1. The highest BCUT2D eigenvalue weighted by Crippen LogP contribution is 2.47. The van der Waals surface area contributed by atoms with Crippen LogP contribution in [0.4, 0.5) is 0 Å². The van der Waals surface area contributed by atoms with Crippen LogP contribution in [-0.2, 0) is 22.5 Å². The van der Waals surface area contributed by atoms with Gasteiger partial charge < -0.3 is 19.7 Å². The molecule has 39 heavy (non-hydrogen) atoms. The molecule has 1 aliphatic heterocycles. The van der Waals surface area contributed by atoms with E-state index in [0.29, 0.717) is 38.0 Å². The van der Waals surface area contributed by atoms with Crippen LogP contribution in [0.3, 0.4) is 0 Å². The van der Waals surface area contributed by atoms with E-state index in [1.165, 1.54) is 7.11 Å². The van der Waals surface area contributed by atoms with Crippen molar-refractivity contribution >= 4 is 16.9 Å². The number of pyridine rings is 1. The van der Waals surface area contributed by atoms with Gasteiger partial charge in [-0.2, -0.15) is 5.26 Å². The van der Waals surface area contributed by atoms with Crippen molar-refractivity contribution in [3.8, 4) is 17.6 Å². The second-order valence-corrected chi connectivity index (χ2v) is 10.5. The second kappa shape index (κ2) is 10.5. The first-order valence-corrected chi connectivity index (χ1v) is 13.4. The van der Waals surface area contributed by atoms with E-state index in [4.69, 9.17) is 4.74 Å². The Labute approximate surface area is 226 Å². The van der Waals surface area contributed by atoms with E-state index in [1.54, 1.807) is 6.20 Å². The normalized spacial score (nSPS) is 24.7. The number of piperidine rings is 1. The lowest BCUT2D eigenvalue weighted by molar-refractivity contribution is -0.159. The Morgan fingerprint density at radius 2 is 2.05 bits per heavy atom. The number of aryl methyl sites for hydroxylation is 2. The van der Waals surface area contributed by atoms with Crippen molar-refractivity contribution in [2.24, 2.45) is 17.8 Å². The molecule has 0 unspecified atom stereocenters. The Bertz CT molecular complexity index is 1510. The van der Waals surface area contributed by atoms with E-state index in [9.17, 15) is 15.2 Å². The van der Waals surface area contributed by atoms with Crippen molar-refractivity contribution < 1.29 is 14.6 Å². The molecule has 5 atom stereocenters. The molecule has 0 spiro atoms. The number of aliphatic hydroxyl groups excluding tert-OH is 1. The van der Waals surface area contributed by atoms with Crippen LogP contribution in [0.2, 0.25) is 0 Å². The largest absolute Gasteiger partial charge is 0.469 e. The zero-order valence-corrected chi connectivity index (χ0v) is 21.8. The smallest absolute Gasteiger partial charge is 0.311 e. The molecule has 0 radical (unpaired) electrons. The number of carbonyl (C=O) groups excluding carboxylic acids is 1. The highest BCUT2D eigenvalue weighted by atomic mass is 16.5. The molecule has 3 aromatic heterocycles. The number of methoxy groups -OCH3 is 1. The number of fused-ring (bicyclic) bond motifs is 2. The van der Waals surface area contributed by atoms with Crippen molar-refractivity contribution in [2.45, 2.75) is 44.4 Å². The summed E-state index contributed by atoms with van der Waals surface area (Å²) >= 11 is 0. The fraction of sp³-hybridized carbons (Fsp3) is 0.414. The molecule has 1 saturated carbocycles. The number of carbonyl (C=O) groups is 1. The van der Waals surface area contributed by atoms with Gasteiger partial charge >= 0.3 is 5.97 Å². The van der Waals surface area contributed by atoms with Crippen LogP contribution in [0.25, 0.3) is 22.3 Å². The summed E-state index contributed by atoms with van der Waals surface area (Å²) in [6, 6.07) is 13.6.